The van der Waals surface area contributed by atoms with Crippen molar-refractivity contribution in [1.29, 1.82) is 0 Å². The first-order valence-electron chi connectivity index (χ1n) is 7.12. The van der Waals surface area contributed by atoms with Gasteiger partial charge in [0.2, 0.25) is 5.13 Å². The molecule has 0 aliphatic heterocycles. The Balaban J connectivity index is 2.01. The number of alkyl halides is 2. The van der Waals surface area contributed by atoms with E-state index in [-0.39, 0.29) is 18.6 Å². The van der Waals surface area contributed by atoms with E-state index in [0.29, 0.717) is 10.8 Å². The average Bonchev–Trinajstić information content (AvgIpc) is 2.97. The predicted molar refractivity (Wildman–Crippen MR) is 86.7 cm³/mol. The first-order valence-corrected chi connectivity index (χ1v) is 8.00. The first kappa shape index (κ1) is 18.7. The molecule has 6 nitrogen and oxygen atoms in total. The molecule has 10 heteroatoms. The minimum absolute atomic E-state index is 0.0337. The average molecular weight is 373 g/mol. The summed E-state index contributed by atoms with van der Waals surface area (Å²) in [5, 5.41) is 5.85. The summed E-state index contributed by atoms with van der Waals surface area (Å²) in [6.07, 6.45) is 1.17. The maximum atomic E-state index is 13.6. The minimum Gasteiger partial charge on any atom is -0.466 e. The molecule has 2 aromatic rings. The molecule has 0 aliphatic carbocycles. The standard InChI is InChI=1S/C15H14F3N3O3S/c1-2-23-12(22)6-10-8-25-15(20-10)21-19-7-9-4-3-5-11(16)13(9)24-14(17)18/h3-5,7-8,14H,2,6H2,1H3,(H,20,21). The van der Waals surface area contributed by atoms with Gasteiger partial charge in [-0.05, 0) is 19.1 Å². The van der Waals surface area contributed by atoms with Crippen molar-refractivity contribution in [3.63, 3.8) is 0 Å². The molecule has 2 rings (SSSR count). The SMILES string of the molecule is CCOC(=O)Cc1csc(NN=Cc2cccc(F)c2OC(F)F)n1. The molecule has 0 amide bonds. The smallest absolute Gasteiger partial charge is 0.387 e. The molecule has 25 heavy (non-hydrogen) atoms. The summed E-state index contributed by atoms with van der Waals surface area (Å²) in [6.45, 7) is -1.16. The number of thiazole rings is 1. The highest BCUT2D eigenvalue weighted by molar-refractivity contribution is 7.13. The van der Waals surface area contributed by atoms with Crippen LogP contribution in [0.2, 0.25) is 0 Å². The number of nitrogens with one attached hydrogen (secondary N) is 1. The van der Waals surface area contributed by atoms with Gasteiger partial charge < -0.3 is 9.47 Å². The number of hydrogen-bond donors (Lipinski definition) is 1. The summed E-state index contributed by atoms with van der Waals surface area (Å²) in [5.41, 5.74) is 3.12. The largest absolute Gasteiger partial charge is 0.466 e. The molecule has 0 aliphatic rings. The van der Waals surface area contributed by atoms with Gasteiger partial charge in [-0.15, -0.1) is 11.3 Å². The monoisotopic (exact) mass is 373 g/mol. The Labute approximate surface area is 145 Å². The van der Waals surface area contributed by atoms with E-state index in [1.165, 1.54) is 23.5 Å². The Morgan fingerprint density at radius 1 is 1.48 bits per heavy atom. The van der Waals surface area contributed by atoms with Crippen molar-refractivity contribution in [1.82, 2.24) is 4.98 Å². The summed E-state index contributed by atoms with van der Waals surface area (Å²) >= 11 is 1.19. The van der Waals surface area contributed by atoms with Crippen molar-refractivity contribution in [3.05, 3.63) is 40.7 Å². The molecule has 0 radical (unpaired) electrons. The van der Waals surface area contributed by atoms with Crippen LogP contribution >= 0.6 is 11.3 Å². The summed E-state index contributed by atoms with van der Waals surface area (Å²) in [6, 6.07) is 3.72. The lowest BCUT2D eigenvalue weighted by atomic mass is 10.2. The van der Waals surface area contributed by atoms with Crippen LogP contribution in [0.5, 0.6) is 5.75 Å². The van der Waals surface area contributed by atoms with Crippen LogP contribution in [0.4, 0.5) is 18.3 Å². The first-order chi connectivity index (χ1) is 12.0. The number of hydrogen-bond acceptors (Lipinski definition) is 7. The molecule has 1 N–H and O–H groups in total. The zero-order chi connectivity index (χ0) is 18.2. The molecule has 0 atom stereocenters. The van der Waals surface area contributed by atoms with Gasteiger partial charge in [-0.1, -0.05) is 6.07 Å². The van der Waals surface area contributed by atoms with Crippen LogP contribution in [0, 0.1) is 5.82 Å². The van der Waals surface area contributed by atoms with E-state index in [1.807, 2.05) is 0 Å². The Hall–Kier alpha value is -2.62. The molecule has 0 saturated heterocycles. The maximum absolute atomic E-state index is 13.6. The fourth-order valence-corrected chi connectivity index (χ4v) is 2.46. The number of nitrogens with zero attached hydrogens (tertiary/aromatic N) is 2. The number of esters is 1. The van der Waals surface area contributed by atoms with Crippen molar-refractivity contribution in [2.45, 2.75) is 20.0 Å². The number of rotatable bonds is 8. The second kappa shape index (κ2) is 9.02. The quantitative estimate of drug-likeness (QED) is 0.436. The van der Waals surface area contributed by atoms with Gasteiger partial charge in [0.15, 0.2) is 11.6 Å². The number of anilines is 1. The van der Waals surface area contributed by atoms with Crippen LogP contribution in [0.25, 0.3) is 0 Å². The van der Waals surface area contributed by atoms with Gasteiger partial charge in [-0.3, -0.25) is 10.2 Å². The highest BCUT2D eigenvalue weighted by Crippen LogP contribution is 2.23. The Bertz CT molecular complexity index is 753. The third-order valence-electron chi connectivity index (χ3n) is 2.75. The lowest BCUT2D eigenvalue weighted by molar-refractivity contribution is -0.142. The Morgan fingerprint density at radius 3 is 3.00 bits per heavy atom. The molecule has 0 unspecified atom stereocenters. The molecule has 1 aromatic carbocycles. The van der Waals surface area contributed by atoms with Gasteiger partial charge in [0.25, 0.3) is 0 Å². The molecular weight excluding hydrogens is 359 g/mol. The molecule has 0 bridgehead atoms. The number of ether oxygens (including phenoxy) is 2. The zero-order valence-electron chi connectivity index (χ0n) is 13.0. The molecular formula is C15H14F3N3O3S. The van der Waals surface area contributed by atoms with Crippen molar-refractivity contribution < 1.29 is 27.4 Å². The van der Waals surface area contributed by atoms with Gasteiger partial charge in [-0.25, -0.2) is 9.37 Å². The van der Waals surface area contributed by atoms with E-state index in [4.69, 9.17) is 4.74 Å². The number of carbonyl (C=O) groups excluding carboxylic acids is 1. The van der Waals surface area contributed by atoms with Crippen LogP contribution in [0.15, 0.2) is 28.7 Å². The van der Waals surface area contributed by atoms with Crippen molar-refractivity contribution in [3.8, 4) is 5.75 Å². The summed E-state index contributed by atoms with van der Waals surface area (Å²) in [7, 11) is 0. The van der Waals surface area contributed by atoms with Gasteiger partial charge >= 0.3 is 12.6 Å². The van der Waals surface area contributed by atoms with E-state index >= 15 is 0 Å². The van der Waals surface area contributed by atoms with E-state index in [2.05, 4.69) is 20.2 Å². The lowest BCUT2D eigenvalue weighted by Crippen LogP contribution is -2.07. The van der Waals surface area contributed by atoms with E-state index in [9.17, 15) is 18.0 Å². The van der Waals surface area contributed by atoms with E-state index in [0.717, 1.165) is 12.3 Å². The zero-order valence-corrected chi connectivity index (χ0v) is 13.9. The van der Waals surface area contributed by atoms with Crippen LogP contribution < -0.4 is 10.2 Å². The van der Waals surface area contributed by atoms with Gasteiger partial charge in [0.05, 0.1) is 24.9 Å². The highest BCUT2D eigenvalue weighted by Gasteiger charge is 2.13. The number of aromatic nitrogens is 1. The fraction of sp³-hybridized carbons (Fsp3) is 0.267. The summed E-state index contributed by atoms with van der Waals surface area (Å²) < 4.78 is 47.2. The van der Waals surface area contributed by atoms with E-state index in [1.54, 1.807) is 12.3 Å². The second-order valence-corrected chi connectivity index (χ2v) is 5.39. The fourth-order valence-electron chi connectivity index (χ4n) is 1.80. The number of benzene rings is 1. The minimum atomic E-state index is -3.15. The third kappa shape index (κ3) is 5.75. The summed E-state index contributed by atoms with van der Waals surface area (Å²) in [5.74, 6) is -1.91. The van der Waals surface area contributed by atoms with Crippen LogP contribution in [-0.2, 0) is 16.0 Å². The number of para-hydroxylation sites is 1. The molecule has 134 valence electrons. The van der Waals surface area contributed by atoms with Crippen molar-refractivity contribution in [2.75, 3.05) is 12.0 Å². The molecule has 1 aromatic heterocycles. The predicted octanol–water partition coefficient (Wildman–Crippen LogP) is 3.44. The molecule has 0 fully saturated rings. The van der Waals surface area contributed by atoms with Crippen molar-refractivity contribution >= 4 is 28.7 Å². The van der Waals surface area contributed by atoms with Crippen LogP contribution in [0.1, 0.15) is 18.2 Å². The van der Waals surface area contributed by atoms with Crippen LogP contribution in [-0.4, -0.2) is 30.4 Å². The van der Waals surface area contributed by atoms with E-state index < -0.39 is 24.1 Å². The lowest BCUT2D eigenvalue weighted by Gasteiger charge is -2.08. The number of carbonyl (C=O) groups is 1. The Kier molecular flexibility index (Phi) is 6.75. The normalized spacial score (nSPS) is 11.1. The third-order valence-corrected chi connectivity index (χ3v) is 3.55. The Morgan fingerprint density at radius 2 is 2.28 bits per heavy atom. The number of hydrazone groups is 1. The topological polar surface area (TPSA) is 72.8 Å². The van der Waals surface area contributed by atoms with Gasteiger partial charge in [0.1, 0.15) is 0 Å². The molecule has 0 saturated carbocycles. The van der Waals surface area contributed by atoms with Crippen molar-refractivity contribution in [2.24, 2.45) is 5.10 Å². The maximum Gasteiger partial charge on any atom is 0.387 e. The van der Waals surface area contributed by atoms with Gasteiger partial charge in [0, 0.05) is 10.9 Å². The van der Waals surface area contributed by atoms with Gasteiger partial charge in [-0.2, -0.15) is 13.9 Å². The van der Waals surface area contributed by atoms with Crippen LogP contribution in [0.3, 0.4) is 0 Å². The molecule has 1 heterocycles. The number of halogens is 3. The second-order valence-electron chi connectivity index (χ2n) is 4.53. The highest BCUT2D eigenvalue weighted by atomic mass is 32.1. The molecule has 0 spiro atoms. The summed E-state index contributed by atoms with van der Waals surface area (Å²) in [4.78, 5) is 15.5.